The number of esters is 1. The van der Waals surface area contributed by atoms with E-state index in [9.17, 15) is 18.0 Å². The molecule has 0 aliphatic carbocycles. The van der Waals surface area contributed by atoms with Crippen LogP contribution in [0, 0.1) is 20.8 Å². The Hall–Kier alpha value is -4.05. The molecule has 36 heavy (non-hydrogen) atoms. The fraction of sp³-hybridized carbons (Fsp3) is 0.231. The van der Waals surface area contributed by atoms with Crippen LogP contribution in [0.1, 0.15) is 37.4 Å². The molecule has 0 saturated carbocycles. The molecule has 1 amide bonds. The third-order valence-electron chi connectivity index (χ3n) is 5.54. The van der Waals surface area contributed by atoms with Crippen LogP contribution < -0.4 is 19.5 Å². The normalized spacial score (nSPS) is 10.9. The number of sulfonamides is 1. The number of hydrogen-bond donors (Lipinski definition) is 2. The summed E-state index contributed by atoms with van der Waals surface area (Å²) in [6, 6.07) is 12.5. The summed E-state index contributed by atoms with van der Waals surface area (Å²) in [5, 5.41) is 2.64. The van der Waals surface area contributed by atoms with Gasteiger partial charge in [0, 0.05) is 17.7 Å². The van der Waals surface area contributed by atoms with Crippen molar-refractivity contribution in [1.82, 2.24) is 0 Å². The van der Waals surface area contributed by atoms with Crippen molar-refractivity contribution < 1.29 is 32.2 Å². The Morgan fingerprint density at radius 1 is 0.778 bits per heavy atom. The number of ether oxygens (including phenoxy) is 3. The summed E-state index contributed by atoms with van der Waals surface area (Å²) >= 11 is 0. The number of carbonyl (C=O) groups is 2. The van der Waals surface area contributed by atoms with E-state index in [1.165, 1.54) is 45.6 Å². The quantitative estimate of drug-likeness (QED) is 0.427. The van der Waals surface area contributed by atoms with E-state index >= 15 is 0 Å². The second-order valence-corrected chi connectivity index (χ2v) is 9.75. The van der Waals surface area contributed by atoms with E-state index in [0.29, 0.717) is 11.3 Å². The van der Waals surface area contributed by atoms with Gasteiger partial charge in [0.2, 0.25) is 0 Å². The Morgan fingerprint density at radius 2 is 1.44 bits per heavy atom. The first kappa shape index (κ1) is 26.6. The molecule has 0 atom stereocenters. The first-order valence-electron chi connectivity index (χ1n) is 10.9. The van der Waals surface area contributed by atoms with Crippen LogP contribution in [0.2, 0.25) is 0 Å². The molecule has 0 saturated heterocycles. The zero-order chi connectivity index (χ0) is 26.6. The number of rotatable bonds is 8. The molecule has 3 rings (SSSR count). The third-order valence-corrected chi connectivity index (χ3v) is 7.05. The van der Waals surface area contributed by atoms with Gasteiger partial charge in [-0.25, -0.2) is 13.2 Å². The summed E-state index contributed by atoms with van der Waals surface area (Å²) < 4.78 is 44.3. The van der Waals surface area contributed by atoms with E-state index in [1.807, 2.05) is 26.0 Å². The molecule has 0 bridgehead atoms. The fourth-order valence-corrected chi connectivity index (χ4v) is 5.02. The SMILES string of the molecule is COC(=O)c1cc(OC)c(OC)cc1NC(=O)c1ccc(C)c(S(=O)(=O)Nc2ccc(C)cc2C)c1. The molecule has 0 aliphatic heterocycles. The number of anilines is 2. The molecule has 0 fully saturated rings. The molecule has 3 aromatic carbocycles. The van der Waals surface area contributed by atoms with E-state index in [0.717, 1.165) is 11.1 Å². The second-order valence-electron chi connectivity index (χ2n) is 8.10. The number of methoxy groups -OCH3 is 3. The molecule has 190 valence electrons. The van der Waals surface area contributed by atoms with Gasteiger partial charge in [0.15, 0.2) is 11.5 Å². The monoisotopic (exact) mass is 512 g/mol. The lowest BCUT2D eigenvalue weighted by molar-refractivity contribution is 0.0601. The van der Waals surface area contributed by atoms with E-state index in [2.05, 4.69) is 10.0 Å². The van der Waals surface area contributed by atoms with Crippen LogP contribution in [0.15, 0.2) is 53.4 Å². The van der Waals surface area contributed by atoms with Crippen LogP contribution in [0.4, 0.5) is 11.4 Å². The van der Waals surface area contributed by atoms with Gasteiger partial charge in [0.05, 0.1) is 43.2 Å². The molecular formula is C26H28N2O7S. The molecule has 0 aromatic heterocycles. The van der Waals surface area contributed by atoms with Crippen molar-refractivity contribution in [3.8, 4) is 11.5 Å². The Labute approximate surface area is 210 Å². The second kappa shape index (κ2) is 10.7. The third kappa shape index (κ3) is 5.60. The molecule has 2 N–H and O–H groups in total. The molecule has 0 radical (unpaired) electrons. The van der Waals surface area contributed by atoms with Crippen molar-refractivity contribution in [2.24, 2.45) is 0 Å². The van der Waals surface area contributed by atoms with Gasteiger partial charge in [-0.15, -0.1) is 0 Å². The molecule has 9 nitrogen and oxygen atoms in total. The van der Waals surface area contributed by atoms with Gasteiger partial charge in [-0.05, 0) is 50.1 Å². The Balaban J connectivity index is 1.98. The standard InChI is InChI=1S/C26H28N2O7S/c1-15-7-10-20(17(3)11-15)28-36(31,32)24-12-18(9-8-16(24)2)25(29)27-21-14-23(34-5)22(33-4)13-19(21)26(30)35-6/h7-14,28H,1-6H3,(H,27,29). The molecule has 10 heteroatoms. The van der Waals surface area contributed by atoms with Crippen LogP contribution in [0.25, 0.3) is 0 Å². The van der Waals surface area contributed by atoms with Gasteiger partial charge < -0.3 is 19.5 Å². The van der Waals surface area contributed by atoms with Crippen molar-refractivity contribution in [3.63, 3.8) is 0 Å². The fourth-order valence-electron chi connectivity index (χ4n) is 3.61. The van der Waals surface area contributed by atoms with Crippen molar-refractivity contribution >= 4 is 33.3 Å². The summed E-state index contributed by atoms with van der Waals surface area (Å²) in [6.45, 7) is 5.37. The number of hydrogen-bond acceptors (Lipinski definition) is 7. The van der Waals surface area contributed by atoms with Gasteiger partial charge in [0.1, 0.15) is 0 Å². The first-order valence-corrected chi connectivity index (χ1v) is 12.4. The van der Waals surface area contributed by atoms with E-state index in [4.69, 9.17) is 14.2 Å². The summed E-state index contributed by atoms with van der Waals surface area (Å²) in [6.07, 6.45) is 0. The van der Waals surface area contributed by atoms with E-state index in [1.54, 1.807) is 19.1 Å². The van der Waals surface area contributed by atoms with Crippen LogP contribution >= 0.6 is 0 Å². The number of carbonyl (C=O) groups excluding carboxylic acids is 2. The maximum absolute atomic E-state index is 13.2. The highest BCUT2D eigenvalue weighted by molar-refractivity contribution is 7.92. The number of aryl methyl sites for hydroxylation is 3. The Morgan fingerprint density at radius 3 is 2.06 bits per heavy atom. The summed E-state index contributed by atoms with van der Waals surface area (Å²) in [4.78, 5) is 25.4. The van der Waals surface area contributed by atoms with Crippen molar-refractivity contribution in [1.29, 1.82) is 0 Å². The van der Waals surface area contributed by atoms with Gasteiger partial charge in [-0.3, -0.25) is 9.52 Å². The van der Waals surface area contributed by atoms with Crippen molar-refractivity contribution in [3.05, 3.63) is 76.3 Å². The molecule has 0 spiro atoms. The first-order chi connectivity index (χ1) is 17.0. The van der Waals surface area contributed by atoms with Crippen molar-refractivity contribution in [2.45, 2.75) is 25.7 Å². The summed E-state index contributed by atoms with van der Waals surface area (Å²) in [5.74, 6) is -0.770. The van der Waals surface area contributed by atoms with Crippen LogP contribution in [-0.2, 0) is 14.8 Å². The highest BCUT2D eigenvalue weighted by Gasteiger charge is 2.23. The average Bonchev–Trinajstić information content (AvgIpc) is 2.85. The molecule has 3 aromatic rings. The maximum atomic E-state index is 13.2. The Kier molecular flexibility index (Phi) is 7.89. The molecular weight excluding hydrogens is 484 g/mol. The number of amides is 1. The lowest BCUT2D eigenvalue weighted by Crippen LogP contribution is -2.18. The summed E-state index contributed by atoms with van der Waals surface area (Å²) in [7, 11) is 0.0508. The number of nitrogens with one attached hydrogen (secondary N) is 2. The van der Waals surface area contributed by atoms with Crippen LogP contribution in [-0.4, -0.2) is 41.6 Å². The minimum atomic E-state index is -3.99. The predicted octanol–water partition coefficient (Wildman–Crippen LogP) is 4.47. The minimum Gasteiger partial charge on any atom is -0.493 e. The predicted molar refractivity (Wildman–Crippen MR) is 137 cm³/mol. The smallest absolute Gasteiger partial charge is 0.340 e. The van der Waals surface area contributed by atoms with Gasteiger partial charge in [-0.1, -0.05) is 23.8 Å². The van der Waals surface area contributed by atoms with Crippen molar-refractivity contribution in [2.75, 3.05) is 31.4 Å². The van der Waals surface area contributed by atoms with E-state index < -0.39 is 21.9 Å². The van der Waals surface area contributed by atoms with Crippen LogP contribution in [0.3, 0.4) is 0 Å². The zero-order valence-electron chi connectivity index (χ0n) is 20.9. The molecule has 0 unspecified atom stereocenters. The van der Waals surface area contributed by atoms with Crippen LogP contribution in [0.5, 0.6) is 11.5 Å². The van der Waals surface area contributed by atoms with Gasteiger partial charge >= 0.3 is 5.97 Å². The Bertz CT molecular complexity index is 1430. The maximum Gasteiger partial charge on any atom is 0.340 e. The highest BCUT2D eigenvalue weighted by atomic mass is 32.2. The lowest BCUT2D eigenvalue weighted by atomic mass is 10.1. The minimum absolute atomic E-state index is 0.0416. The molecule has 0 heterocycles. The largest absolute Gasteiger partial charge is 0.493 e. The van der Waals surface area contributed by atoms with Gasteiger partial charge in [0.25, 0.3) is 15.9 Å². The zero-order valence-corrected chi connectivity index (χ0v) is 21.7. The topological polar surface area (TPSA) is 120 Å². The highest BCUT2D eigenvalue weighted by Crippen LogP contribution is 2.34. The van der Waals surface area contributed by atoms with Gasteiger partial charge in [-0.2, -0.15) is 0 Å². The van der Waals surface area contributed by atoms with E-state index in [-0.39, 0.29) is 33.2 Å². The summed E-state index contributed by atoms with van der Waals surface area (Å²) in [5.41, 5.74) is 2.92. The average molecular weight is 513 g/mol. The molecule has 0 aliphatic rings. The number of benzene rings is 3. The lowest BCUT2D eigenvalue weighted by Gasteiger charge is -2.16.